The number of anilines is 3. The van der Waals surface area contributed by atoms with E-state index in [1.165, 1.54) is 0 Å². The third-order valence-electron chi connectivity index (χ3n) is 6.39. The zero-order chi connectivity index (χ0) is 28.1. The number of nitrogens with one attached hydrogen (secondary N) is 1. The summed E-state index contributed by atoms with van der Waals surface area (Å²) in [5.74, 6) is -1.03. The monoisotopic (exact) mass is 549 g/mol. The maximum absolute atomic E-state index is 13.1. The number of nitrogens with zero attached hydrogens (tertiary/aromatic N) is 2. The van der Waals surface area contributed by atoms with Crippen molar-refractivity contribution in [3.05, 3.63) is 120 Å². The maximum Gasteiger partial charge on any atom is 0.339 e. The molecule has 0 saturated heterocycles. The SMILES string of the molecule is CC(C)N(c1ccccc1)c1ccc(NC(=O)COC(=O)c2cc(-c3ccc(Cl)cc3)nc3ccccc23)cc1. The van der Waals surface area contributed by atoms with Crippen molar-refractivity contribution in [2.45, 2.75) is 19.9 Å². The minimum atomic E-state index is -0.602. The molecule has 0 fully saturated rings. The normalized spacial score (nSPS) is 10.9. The van der Waals surface area contributed by atoms with E-state index in [2.05, 4.69) is 41.2 Å². The fraction of sp³-hybridized carbons (Fsp3) is 0.121. The van der Waals surface area contributed by atoms with Crippen LogP contribution in [-0.2, 0) is 9.53 Å². The van der Waals surface area contributed by atoms with Gasteiger partial charge in [-0.15, -0.1) is 0 Å². The van der Waals surface area contributed by atoms with E-state index in [0.717, 1.165) is 16.9 Å². The summed E-state index contributed by atoms with van der Waals surface area (Å²) in [7, 11) is 0. The molecule has 5 rings (SSSR count). The van der Waals surface area contributed by atoms with Crippen LogP contribution in [0.2, 0.25) is 5.02 Å². The van der Waals surface area contributed by atoms with Crippen LogP contribution >= 0.6 is 11.6 Å². The molecular formula is C33H28ClN3O3. The second-order valence-corrected chi connectivity index (χ2v) is 9.99. The summed E-state index contributed by atoms with van der Waals surface area (Å²) in [5, 5.41) is 4.06. The fourth-order valence-electron chi connectivity index (χ4n) is 4.56. The number of amides is 1. The molecule has 0 aliphatic rings. The van der Waals surface area contributed by atoms with E-state index in [0.29, 0.717) is 32.9 Å². The van der Waals surface area contributed by atoms with Gasteiger partial charge >= 0.3 is 5.97 Å². The van der Waals surface area contributed by atoms with E-state index in [-0.39, 0.29) is 6.04 Å². The summed E-state index contributed by atoms with van der Waals surface area (Å²) in [6.45, 7) is 3.83. The number of carbonyl (C=O) groups excluding carboxylic acids is 2. The minimum absolute atomic E-state index is 0.242. The first-order chi connectivity index (χ1) is 19.4. The lowest BCUT2D eigenvalue weighted by Crippen LogP contribution is -2.25. The Kier molecular flexibility index (Phi) is 8.08. The number of pyridine rings is 1. The van der Waals surface area contributed by atoms with Gasteiger partial charge in [-0.3, -0.25) is 4.79 Å². The minimum Gasteiger partial charge on any atom is -0.452 e. The molecule has 4 aromatic carbocycles. The Morgan fingerprint density at radius 1 is 0.850 bits per heavy atom. The van der Waals surface area contributed by atoms with Crippen molar-refractivity contribution >= 4 is 51.4 Å². The van der Waals surface area contributed by atoms with E-state index >= 15 is 0 Å². The molecule has 40 heavy (non-hydrogen) atoms. The van der Waals surface area contributed by atoms with Crippen LogP contribution in [0.3, 0.4) is 0 Å². The molecular weight excluding hydrogens is 522 g/mol. The van der Waals surface area contributed by atoms with Crippen molar-refractivity contribution in [2.75, 3.05) is 16.8 Å². The molecule has 200 valence electrons. The van der Waals surface area contributed by atoms with Crippen LogP contribution < -0.4 is 10.2 Å². The molecule has 1 amide bonds. The molecule has 1 N–H and O–H groups in total. The quantitative estimate of drug-likeness (QED) is 0.199. The Hall–Kier alpha value is -4.68. The highest BCUT2D eigenvalue weighted by Crippen LogP contribution is 2.29. The van der Waals surface area contributed by atoms with Gasteiger partial charge in [0.15, 0.2) is 6.61 Å². The van der Waals surface area contributed by atoms with Gasteiger partial charge in [-0.05, 0) is 74.5 Å². The number of rotatable bonds is 8. The lowest BCUT2D eigenvalue weighted by Gasteiger charge is -2.29. The largest absolute Gasteiger partial charge is 0.452 e. The van der Waals surface area contributed by atoms with Crippen molar-refractivity contribution in [1.29, 1.82) is 0 Å². The van der Waals surface area contributed by atoms with Gasteiger partial charge in [0.05, 0.1) is 16.8 Å². The van der Waals surface area contributed by atoms with Crippen LogP contribution in [0.15, 0.2) is 109 Å². The number of fused-ring (bicyclic) bond motifs is 1. The molecule has 0 unspecified atom stereocenters. The predicted molar refractivity (Wildman–Crippen MR) is 161 cm³/mol. The highest BCUT2D eigenvalue weighted by Gasteiger charge is 2.17. The molecule has 0 radical (unpaired) electrons. The molecule has 0 aliphatic heterocycles. The highest BCUT2D eigenvalue weighted by molar-refractivity contribution is 6.30. The summed E-state index contributed by atoms with van der Waals surface area (Å²) in [6.07, 6.45) is 0. The second kappa shape index (κ2) is 12.0. The lowest BCUT2D eigenvalue weighted by molar-refractivity contribution is -0.119. The fourth-order valence-corrected chi connectivity index (χ4v) is 4.68. The third-order valence-corrected chi connectivity index (χ3v) is 6.64. The Labute approximate surface area is 238 Å². The van der Waals surface area contributed by atoms with Crippen LogP contribution in [0.4, 0.5) is 17.1 Å². The lowest BCUT2D eigenvalue weighted by atomic mass is 10.0. The van der Waals surface area contributed by atoms with Crippen molar-refractivity contribution in [2.24, 2.45) is 0 Å². The van der Waals surface area contributed by atoms with Crippen LogP contribution in [0.1, 0.15) is 24.2 Å². The molecule has 0 aliphatic carbocycles. The Balaban J connectivity index is 1.27. The predicted octanol–water partition coefficient (Wildman–Crippen LogP) is 7.90. The number of carbonyl (C=O) groups is 2. The molecule has 0 bridgehead atoms. The Bertz CT molecular complexity index is 1640. The first kappa shape index (κ1) is 26.9. The second-order valence-electron chi connectivity index (χ2n) is 9.55. The molecule has 5 aromatic rings. The van der Waals surface area contributed by atoms with Crippen LogP contribution in [-0.4, -0.2) is 29.5 Å². The summed E-state index contributed by atoms with van der Waals surface area (Å²) >= 11 is 6.03. The first-order valence-corrected chi connectivity index (χ1v) is 13.3. The maximum atomic E-state index is 13.1. The van der Waals surface area contributed by atoms with Crippen molar-refractivity contribution in [3.63, 3.8) is 0 Å². The van der Waals surface area contributed by atoms with Crippen LogP contribution in [0, 0.1) is 0 Å². The van der Waals surface area contributed by atoms with Crippen LogP contribution in [0.5, 0.6) is 0 Å². The van der Waals surface area contributed by atoms with E-state index < -0.39 is 18.5 Å². The summed E-state index contributed by atoms with van der Waals surface area (Å²) < 4.78 is 5.42. The number of benzene rings is 4. The molecule has 0 spiro atoms. The van der Waals surface area contributed by atoms with Gasteiger partial charge in [0.1, 0.15) is 0 Å². The Morgan fingerprint density at radius 3 is 2.20 bits per heavy atom. The average Bonchev–Trinajstić information content (AvgIpc) is 2.97. The summed E-state index contributed by atoms with van der Waals surface area (Å²) in [5.41, 5.74) is 5.11. The van der Waals surface area contributed by atoms with Crippen molar-refractivity contribution in [1.82, 2.24) is 4.98 Å². The number of hydrogen-bond acceptors (Lipinski definition) is 5. The molecule has 6 nitrogen and oxygen atoms in total. The van der Waals surface area contributed by atoms with Gasteiger partial charge in [0.25, 0.3) is 5.91 Å². The van der Waals surface area contributed by atoms with Gasteiger partial charge in [-0.2, -0.15) is 0 Å². The van der Waals surface area contributed by atoms with Crippen LogP contribution in [0.25, 0.3) is 22.2 Å². The van der Waals surface area contributed by atoms with Gasteiger partial charge < -0.3 is 15.0 Å². The zero-order valence-electron chi connectivity index (χ0n) is 22.2. The standard InChI is InChI=1S/C33H28ClN3O3/c1-22(2)37(26-8-4-3-5-9-26)27-18-16-25(17-19-27)35-32(38)21-40-33(39)29-20-31(23-12-14-24(34)15-13-23)36-30-11-7-6-10-28(29)30/h3-20,22H,21H2,1-2H3,(H,35,38). The smallest absolute Gasteiger partial charge is 0.339 e. The Morgan fingerprint density at radius 2 is 1.50 bits per heavy atom. The van der Waals surface area contributed by atoms with E-state index in [9.17, 15) is 9.59 Å². The number of aromatic nitrogens is 1. The van der Waals surface area contributed by atoms with Gasteiger partial charge in [0.2, 0.25) is 0 Å². The van der Waals surface area contributed by atoms with Gasteiger partial charge in [0, 0.05) is 39.1 Å². The molecule has 0 atom stereocenters. The molecule has 1 heterocycles. The van der Waals surface area contributed by atoms with E-state index in [1.54, 1.807) is 18.2 Å². The highest BCUT2D eigenvalue weighted by atomic mass is 35.5. The van der Waals surface area contributed by atoms with Crippen molar-refractivity contribution in [3.8, 4) is 11.3 Å². The summed E-state index contributed by atoms with van der Waals surface area (Å²) in [4.78, 5) is 32.7. The van der Waals surface area contributed by atoms with Gasteiger partial charge in [-0.1, -0.05) is 60.1 Å². The summed E-state index contributed by atoms with van der Waals surface area (Å²) in [6, 6.07) is 34.2. The van der Waals surface area contributed by atoms with Crippen molar-refractivity contribution < 1.29 is 14.3 Å². The number of halogens is 1. The number of para-hydroxylation sites is 2. The molecule has 7 heteroatoms. The van der Waals surface area contributed by atoms with E-state index in [4.69, 9.17) is 16.3 Å². The third kappa shape index (κ3) is 6.14. The average molecular weight is 550 g/mol. The van der Waals surface area contributed by atoms with Gasteiger partial charge in [-0.25, -0.2) is 9.78 Å². The first-order valence-electron chi connectivity index (χ1n) is 13.0. The topological polar surface area (TPSA) is 71.5 Å². The molecule has 1 aromatic heterocycles. The molecule has 0 saturated carbocycles. The number of esters is 1. The number of ether oxygens (including phenoxy) is 1. The number of hydrogen-bond donors (Lipinski definition) is 1. The van der Waals surface area contributed by atoms with E-state index in [1.807, 2.05) is 78.9 Å². The zero-order valence-corrected chi connectivity index (χ0v) is 22.9.